The normalized spacial score (nSPS) is 35.8. The van der Waals surface area contributed by atoms with Gasteiger partial charge in [0.1, 0.15) is 0 Å². The maximum atomic E-state index is 13.5. The van der Waals surface area contributed by atoms with E-state index in [0.717, 1.165) is 19.3 Å². The van der Waals surface area contributed by atoms with Crippen LogP contribution in [-0.4, -0.2) is 50.2 Å². The van der Waals surface area contributed by atoms with Gasteiger partial charge in [0.2, 0.25) is 11.8 Å². The highest BCUT2D eigenvalue weighted by molar-refractivity contribution is 9.10. The van der Waals surface area contributed by atoms with E-state index in [0.29, 0.717) is 23.2 Å². The predicted molar refractivity (Wildman–Crippen MR) is 138 cm³/mol. The molecule has 4 aliphatic carbocycles. The van der Waals surface area contributed by atoms with Crippen molar-refractivity contribution >= 4 is 66.8 Å². The predicted octanol–water partition coefficient (Wildman–Crippen LogP) is 3.56. The third kappa shape index (κ3) is 4.47. The van der Waals surface area contributed by atoms with Gasteiger partial charge in [-0.1, -0.05) is 46.1 Å². The summed E-state index contributed by atoms with van der Waals surface area (Å²) >= 11 is 16.1. The minimum Gasteiger partial charge on any atom is -0.369 e. The first-order chi connectivity index (χ1) is 16.4. The summed E-state index contributed by atoms with van der Waals surface area (Å²) in [5.41, 5.74) is 5.55. The molecule has 1 heterocycles. The second-order valence-electron chi connectivity index (χ2n) is 10.9. The number of carbonyl (C=O) groups is 2. The van der Waals surface area contributed by atoms with Gasteiger partial charge in [-0.25, -0.2) is 0 Å². The molecule has 0 aromatic heterocycles. The van der Waals surface area contributed by atoms with Gasteiger partial charge in [0.15, 0.2) is 0 Å². The van der Waals surface area contributed by atoms with Crippen LogP contribution in [0.5, 0.6) is 0 Å². The molecule has 5 fully saturated rings. The molecule has 8 nitrogen and oxygen atoms in total. The molecule has 192 valence electrons. The van der Waals surface area contributed by atoms with E-state index in [1.54, 1.807) is 12.1 Å². The lowest BCUT2D eigenvalue weighted by molar-refractivity contribution is -0.147. The average molecular weight is 608 g/mol. The van der Waals surface area contributed by atoms with Crippen molar-refractivity contribution in [2.24, 2.45) is 34.8 Å². The van der Waals surface area contributed by atoms with Crippen molar-refractivity contribution in [3.8, 4) is 0 Å². The molecule has 3 atom stereocenters. The Morgan fingerprint density at radius 3 is 2.31 bits per heavy atom. The second kappa shape index (κ2) is 9.04. The Bertz CT molecular complexity index is 1140. The fraction of sp³-hybridized carbons (Fsp3) is 0.652. The summed E-state index contributed by atoms with van der Waals surface area (Å²) < 4.78 is 30.1. The summed E-state index contributed by atoms with van der Waals surface area (Å²) in [6.07, 6.45) is 4.21. The van der Waals surface area contributed by atoms with Crippen molar-refractivity contribution in [3.05, 3.63) is 26.7 Å². The Morgan fingerprint density at radius 1 is 1.14 bits per heavy atom. The van der Waals surface area contributed by atoms with Crippen molar-refractivity contribution in [1.29, 1.82) is 0 Å². The van der Waals surface area contributed by atoms with Crippen LogP contribution < -0.4 is 15.4 Å². The Labute approximate surface area is 224 Å². The van der Waals surface area contributed by atoms with Gasteiger partial charge >= 0.3 is 10.2 Å². The molecule has 0 radical (unpaired) electrons. The van der Waals surface area contributed by atoms with E-state index in [9.17, 15) is 18.0 Å². The minimum absolute atomic E-state index is 0.0429. The maximum absolute atomic E-state index is 13.5. The summed E-state index contributed by atoms with van der Waals surface area (Å²) in [6.45, 7) is 2.08. The molecule has 35 heavy (non-hydrogen) atoms. The van der Waals surface area contributed by atoms with E-state index >= 15 is 0 Å². The topological polar surface area (TPSA) is 113 Å². The van der Waals surface area contributed by atoms with E-state index in [-0.39, 0.29) is 71.0 Å². The van der Waals surface area contributed by atoms with Gasteiger partial charge in [-0.3, -0.25) is 13.9 Å². The van der Waals surface area contributed by atoms with Gasteiger partial charge in [-0.2, -0.15) is 12.7 Å². The van der Waals surface area contributed by atoms with Crippen LogP contribution in [0.4, 0.5) is 5.69 Å². The number of halogens is 3. The molecule has 5 aliphatic rings. The molecule has 12 heteroatoms. The van der Waals surface area contributed by atoms with Crippen LogP contribution in [0.2, 0.25) is 10.0 Å². The first-order valence-corrected chi connectivity index (χ1v) is 14.9. The molecule has 4 bridgehead atoms. The van der Waals surface area contributed by atoms with Gasteiger partial charge < -0.3 is 11.1 Å². The Hall–Kier alpha value is -1.07. The molecular formula is C23H29BrCl2N4O4S. The molecule has 1 aliphatic heterocycles. The highest BCUT2D eigenvalue weighted by atomic mass is 79.9. The number of nitrogens with zero attached hydrogens (tertiary/aromatic N) is 2. The maximum Gasteiger partial charge on any atom is 0.304 e. The van der Waals surface area contributed by atoms with Crippen LogP contribution in [0.3, 0.4) is 0 Å². The molecule has 3 N–H and O–H groups in total. The van der Waals surface area contributed by atoms with Crippen LogP contribution in [0.25, 0.3) is 0 Å². The molecule has 4 saturated carbocycles. The van der Waals surface area contributed by atoms with Crippen LogP contribution >= 0.6 is 39.1 Å². The van der Waals surface area contributed by atoms with Crippen molar-refractivity contribution in [2.45, 2.75) is 45.1 Å². The number of hydrogen-bond donors (Lipinski definition) is 2. The molecule has 1 saturated heterocycles. The lowest BCUT2D eigenvalue weighted by Gasteiger charge is -2.58. The fourth-order valence-corrected chi connectivity index (χ4v) is 10.5. The number of rotatable bonds is 5. The lowest BCUT2D eigenvalue weighted by Crippen LogP contribution is -2.63. The third-order valence-corrected chi connectivity index (χ3v) is 11.1. The molecular weight excluding hydrogens is 579 g/mol. The van der Waals surface area contributed by atoms with E-state index in [1.807, 2.05) is 6.92 Å². The number of amides is 2. The first kappa shape index (κ1) is 25.6. The minimum atomic E-state index is -4.02. The molecule has 1 aromatic rings. The number of anilines is 1. The number of carbonyl (C=O) groups excluding carboxylic acids is 2. The number of nitrogens with one attached hydrogen (secondary N) is 1. The summed E-state index contributed by atoms with van der Waals surface area (Å²) in [4.78, 5) is 25.3. The van der Waals surface area contributed by atoms with Crippen molar-refractivity contribution < 1.29 is 18.0 Å². The van der Waals surface area contributed by atoms with Crippen LogP contribution in [0, 0.1) is 29.1 Å². The summed E-state index contributed by atoms with van der Waals surface area (Å²) in [6, 6.07) is 3.14. The molecule has 6 rings (SSSR count). The monoisotopic (exact) mass is 606 g/mol. The smallest absolute Gasteiger partial charge is 0.304 e. The van der Waals surface area contributed by atoms with Gasteiger partial charge in [0.05, 0.1) is 22.3 Å². The SMILES string of the molecule is CC1CN(CC(=O)NC2C3CC4CC2CC(C(N)=O)(C4)C3)S(=O)(=O)N(c2c(Cl)cc(Br)cc2Cl)C1. The lowest BCUT2D eigenvalue weighted by atomic mass is 9.47. The molecule has 1 aromatic carbocycles. The van der Waals surface area contributed by atoms with E-state index in [2.05, 4.69) is 21.2 Å². The molecule has 3 unspecified atom stereocenters. The Kier molecular flexibility index (Phi) is 6.61. The van der Waals surface area contributed by atoms with Crippen LogP contribution in [-0.2, 0) is 19.8 Å². The Balaban J connectivity index is 1.32. The zero-order chi connectivity index (χ0) is 25.3. The van der Waals surface area contributed by atoms with Crippen molar-refractivity contribution in [1.82, 2.24) is 9.62 Å². The number of primary amides is 1. The molecule has 0 spiro atoms. The summed E-state index contributed by atoms with van der Waals surface area (Å²) in [5, 5.41) is 3.55. The average Bonchev–Trinajstić information content (AvgIpc) is 2.73. The van der Waals surface area contributed by atoms with E-state index < -0.39 is 15.6 Å². The van der Waals surface area contributed by atoms with E-state index in [1.165, 1.54) is 8.61 Å². The van der Waals surface area contributed by atoms with Gasteiger partial charge in [0.25, 0.3) is 0 Å². The quantitative estimate of drug-likeness (QED) is 0.533. The van der Waals surface area contributed by atoms with E-state index in [4.69, 9.17) is 28.9 Å². The standard InChI is InChI=1S/C23H29BrCl2N4O4S/c1-12-9-29(35(33,34)30(10-12)21-17(25)4-16(24)5-18(21)26)11-19(31)28-20-14-2-13-3-15(20)8-23(6-13,7-14)22(27)32/h4-5,12-15,20H,2-3,6-11H2,1H3,(H2,27,32)(H,28,31). The third-order valence-electron chi connectivity index (χ3n) is 8.27. The number of hydrogen-bond acceptors (Lipinski definition) is 4. The summed E-state index contributed by atoms with van der Waals surface area (Å²) in [5.74, 6) is 0.281. The van der Waals surface area contributed by atoms with Crippen LogP contribution in [0.1, 0.15) is 39.0 Å². The van der Waals surface area contributed by atoms with Crippen molar-refractivity contribution in [3.63, 3.8) is 0 Å². The van der Waals surface area contributed by atoms with Gasteiger partial charge in [0, 0.05) is 29.0 Å². The number of benzene rings is 1. The Morgan fingerprint density at radius 2 is 1.74 bits per heavy atom. The second-order valence-corrected chi connectivity index (χ2v) is 14.4. The largest absolute Gasteiger partial charge is 0.369 e. The highest BCUT2D eigenvalue weighted by Gasteiger charge is 2.58. The summed E-state index contributed by atoms with van der Waals surface area (Å²) in [7, 11) is -4.02. The number of nitrogens with two attached hydrogens (primary N) is 1. The van der Waals surface area contributed by atoms with Gasteiger partial charge in [-0.15, -0.1) is 0 Å². The van der Waals surface area contributed by atoms with Crippen molar-refractivity contribution in [2.75, 3.05) is 23.9 Å². The highest BCUT2D eigenvalue weighted by Crippen LogP contribution is 2.59. The van der Waals surface area contributed by atoms with Gasteiger partial charge in [-0.05, 0) is 67.9 Å². The first-order valence-electron chi connectivity index (χ1n) is 11.9. The van der Waals surface area contributed by atoms with Crippen LogP contribution in [0.15, 0.2) is 16.6 Å². The zero-order valence-corrected chi connectivity index (χ0v) is 23.3. The fourth-order valence-electron chi connectivity index (χ4n) is 7.10. The molecule has 2 amide bonds. The zero-order valence-electron chi connectivity index (χ0n) is 19.3.